The van der Waals surface area contributed by atoms with E-state index in [4.69, 9.17) is 0 Å². The Bertz CT molecular complexity index is 323. The maximum Gasteiger partial charge on any atom is 0.0449 e. The summed E-state index contributed by atoms with van der Waals surface area (Å²) in [5.74, 6) is 0. The highest BCUT2D eigenvalue weighted by Crippen LogP contribution is 2.21. The third-order valence-corrected chi connectivity index (χ3v) is 3.76. The van der Waals surface area contributed by atoms with Gasteiger partial charge in [0.15, 0.2) is 0 Å². The quantitative estimate of drug-likeness (QED) is 0.858. The molecule has 0 radical (unpaired) electrons. The lowest BCUT2D eigenvalue weighted by Crippen LogP contribution is -2.52. The highest BCUT2D eigenvalue weighted by Gasteiger charge is 2.26. The van der Waals surface area contributed by atoms with Gasteiger partial charge in [-0.05, 0) is 18.5 Å². The van der Waals surface area contributed by atoms with Crippen LogP contribution < -0.4 is 5.32 Å². The van der Waals surface area contributed by atoms with Crippen LogP contribution in [0.25, 0.3) is 0 Å². The summed E-state index contributed by atoms with van der Waals surface area (Å²) in [6.07, 6.45) is 2.58. The molecule has 0 aromatic heterocycles. The smallest absolute Gasteiger partial charge is 0.0449 e. The minimum Gasteiger partial charge on any atom is -0.307 e. The Labute approximate surface area is 105 Å². The fraction of sp³-hybridized carbons (Fsp3) is 0.600. The third kappa shape index (κ3) is 3.08. The number of hydrogen-bond acceptors (Lipinski definition) is 2. The van der Waals surface area contributed by atoms with Crippen LogP contribution in [0.3, 0.4) is 0 Å². The van der Waals surface area contributed by atoms with Gasteiger partial charge in [-0.25, -0.2) is 0 Å². The van der Waals surface area contributed by atoms with Gasteiger partial charge in [0.1, 0.15) is 0 Å². The summed E-state index contributed by atoms with van der Waals surface area (Å²) in [5.41, 5.74) is 1.42. The predicted octanol–water partition coefficient (Wildman–Crippen LogP) is 2.82. The predicted molar refractivity (Wildman–Crippen MR) is 73.1 cm³/mol. The molecule has 0 bridgehead atoms. The molecule has 1 aliphatic rings. The Morgan fingerprint density at radius 1 is 1.24 bits per heavy atom. The Hall–Kier alpha value is -0.860. The molecule has 2 heteroatoms. The first-order chi connectivity index (χ1) is 8.35. The molecule has 1 aromatic rings. The van der Waals surface area contributed by atoms with Crippen molar-refractivity contribution in [3.05, 3.63) is 35.9 Å². The average molecular weight is 232 g/mol. The van der Waals surface area contributed by atoms with E-state index in [1.165, 1.54) is 18.4 Å². The Balaban J connectivity index is 2.01. The lowest BCUT2D eigenvalue weighted by molar-refractivity contribution is 0.129. The maximum absolute atomic E-state index is 3.69. The average Bonchev–Trinajstić information content (AvgIpc) is 2.40. The molecular weight excluding hydrogens is 208 g/mol. The van der Waals surface area contributed by atoms with Crippen LogP contribution in [0.15, 0.2) is 30.3 Å². The van der Waals surface area contributed by atoms with Crippen molar-refractivity contribution in [1.29, 1.82) is 0 Å². The van der Waals surface area contributed by atoms with Gasteiger partial charge in [-0.15, -0.1) is 0 Å². The van der Waals surface area contributed by atoms with Crippen LogP contribution in [0.2, 0.25) is 0 Å². The fourth-order valence-corrected chi connectivity index (χ4v) is 2.77. The Morgan fingerprint density at radius 2 is 2.00 bits per heavy atom. The molecule has 94 valence electrons. The van der Waals surface area contributed by atoms with Gasteiger partial charge in [-0.3, -0.25) is 4.90 Å². The van der Waals surface area contributed by atoms with Crippen LogP contribution in [0, 0.1) is 0 Å². The molecule has 0 amide bonds. The number of rotatable bonds is 4. The van der Waals surface area contributed by atoms with Crippen LogP contribution in [0.5, 0.6) is 0 Å². The molecule has 17 heavy (non-hydrogen) atoms. The first kappa shape index (κ1) is 12.6. The molecule has 0 aliphatic carbocycles. The molecule has 1 saturated heterocycles. The minimum atomic E-state index is 0.504. The molecule has 1 aromatic carbocycles. The molecule has 0 saturated carbocycles. The summed E-state index contributed by atoms with van der Waals surface area (Å²) in [6, 6.07) is 12.0. The van der Waals surface area contributed by atoms with E-state index in [1.54, 1.807) is 0 Å². The number of benzene rings is 1. The highest BCUT2D eigenvalue weighted by molar-refractivity contribution is 5.20. The van der Waals surface area contributed by atoms with Crippen molar-refractivity contribution in [3.63, 3.8) is 0 Å². The second-order valence-corrected chi connectivity index (χ2v) is 4.90. The van der Waals surface area contributed by atoms with Crippen LogP contribution in [0.1, 0.15) is 38.3 Å². The second kappa shape index (κ2) is 6.18. The molecule has 2 unspecified atom stereocenters. The van der Waals surface area contributed by atoms with Gasteiger partial charge in [-0.1, -0.05) is 50.6 Å². The lowest BCUT2D eigenvalue weighted by Gasteiger charge is -2.40. The molecular formula is C15H24N2. The van der Waals surface area contributed by atoms with Gasteiger partial charge < -0.3 is 5.32 Å². The van der Waals surface area contributed by atoms with Gasteiger partial charge in [0.2, 0.25) is 0 Å². The Kier molecular flexibility index (Phi) is 4.57. The minimum absolute atomic E-state index is 0.504. The van der Waals surface area contributed by atoms with E-state index in [1.807, 2.05) is 0 Å². The van der Waals surface area contributed by atoms with Crippen LogP contribution >= 0.6 is 0 Å². The van der Waals surface area contributed by atoms with E-state index >= 15 is 0 Å². The molecule has 2 atom stereocenters. The third-order valence-electron chi connectivity index (χ3n) is 3.76. The van der Waals surface area contributed by atoms with Gasteiger partial charge >= 0.3 is 0 Å². The van der Waals surface area contributed by atoms with Gasteiger partial charge in [0, 0.05) is 25.2 Å². The van der Waals surface area contributed by atoms with E-state index in [-0.39, 0.29) is 0 Å². The molecule has 2 rings (SSSR count). The molecule has 1 heterocycles. The standard InChI is InChI=1S/C15H24N2/c1-3-8-14-11-16-15(12-17(14)4-2)13-9-6-5-7-10-13/h5-7,9-10,14-16H,3-4,8,11-12H2,1-2H3. The van der Waals surface area contributed by atoms with E-state index in [2.05, 4.69) is 54.4 Å². The number of hydrogen-bond donors (Lipinski definition) is 1. The van der Waals surface area contributed by atoms with Crippen molar-refractivity contribution in [2.24, 2.45) is 0 Å². The first-order valence-corrected chi connectivity index (χ1v) is 6.87. The van der Waals surface area contributed by atoms with Crippen molar-refractivity contribution >= 4 is 0 Å². The maximum atomic E-state index is 3.69. The highest BCUT2D eigenvalue weighted by atomic mass is 15.2. The molecule has 1 aliphatic heterocycles. The van der Waals surface area contributed by atoms with Crippen LogP contribution in [0.4, 0.5) is 0 Å². The number of nitrogens with zero attached hydrogens (tertiary/aromatic N) is 1. The van der Waals surface area contributed by atoms with E-state index in [0.717, 1.165) is 25.7 Å². The molecule has 1 N–H and O–H groups in total. The van der Waals surface area contributed by atoms with Gasteiger partial charge in [0.25, 0.3) is 0 Å². The summed E-state index contributed by atoms with van der Waals surface area (Å²) in [6.45, 7) is 7.98. The van der Waals surface area contributed by atoms with Crippen molar-refractivity contribution in [3.8, 4) is 0 Å². The normalized spacial score (nSPS) is 26.0. The SMILES string of the molecule is CCCC1CNC(c2ccccc2)CN1CC. The number of nitrogens with one attached hydrogen (secondary N) is 1. The van der Waals surface area contributed by atoms with E-state index in [9.17, 15) is 0 Å². The summed E-state index contributed by atoms with van der Waals surface area (Å²) in [5, 5.41) is 3.69. The monoisotopic (exact) mass is 232 g/mol. The number of piperazine rings is 1. The van der Waals surface area contributed by atoms with Crippen molar-refractivity contribution in [2.45, 2.75) is 38.8 Å². The van der Waals surface area contributed by atoms with Gasteiger partial charge in [-0.2, -0.15) is 0 Å². The summed E-state index contributed by atoms with van der Waals surface area (Å²) in [4.78, 5) is 2.62. The topological polar surface area (TPSA) is 15.3 Å². The van der Waals surface area contributed by atoms with Crippen molar-refractivity contribution in [1.82, 2.24) is 10.2 Å². The first-order valence-electron chi connectivity index (χ1n) is 6.87. The lowest BCUT2D eigenvalue weighted by atomic mass is 10.00. The number of likely N-dealkylation sites (N-methyl/N-ethyl adjacent to an activating group) is 1. The van der Waals surface area contributed by atoms with Crippen molar-refractivity contribution < 1.29 is 0 Å². The molecule has 1 fully saturated rings. The molecule has 2 nitrogen and oxygen atoms in total. The fourth-order valence-electron chi connectivity index (χ4n) is 2.77. The largest absolute Gasteiger partial charge is 0.307 e. The zero-order valence-corrected chi connectivity index (χ0v) is 11.0. The van der Waals surface area contributed by atoms with Crippen LogP contribution in [-0.2, 0) is 0 Å². The second-order valence-electron chi connectivity index (χ2n) is 4.90. The van der Waals surface area contributed by atoms with Gasteiger partial charge in [0.05, 0.1) is 0 Å². The zero-order chi connectivity index (χ0) is 12.1. The van der Waals surface area contributed by atoms with E-state index in [0.29, 0.717) is 6.04 Å². The van der Waals surface area contributed by atoms with E-state index < -0.39 is 0 Å². The van der Waals surface area contributed by atoms with Crippen molar-refractivity contribution in [2.75, 3.05) is 19.6 Å². The summed E-state index contributed by atoms with van der Waals surface area (Å²) >= 11 is 0. The summed E-state index contributed by atoms with van der Waals surface area (Å²) < 4.78 is 0. The Morgan fingerprint density at radius 3 is 2.65 bits per heavy atom. The zero-order valence-electron chi connectivity index (χ0n) is 11.0. The molecule has 0 spiro atoms. The summed E-state index contributed by atoms with van der Waals surface area (Å²) in [7, 11) is 0. The van der Waals surface area contributed by atoms with Crippen LogP contribution in [-0.4, -0.2) is 30.6 Å².